The summed E-state index contributed by atoms with van der Waals surface area (Å²) < 4.78 is 35.3. The SMILES string of the molecule is CC(C)(C)c1cc(-c2ccccc2)c(-n2c(-c3[c-]cc4c(c3)-c3ccccc3[Si]4(C)C)nc3c4ccccc4ccc32)c(-c2ccccc2)c1.[2H]C([2H])([2H])c1c[c-]c(-c2cc(C([2H])(C)C(C)(C)C)[c]([Ge]([CH3])([CH3])[CH3])cn2)cc1.[Ir]. The van der Waals surface area contributed by atoms with E-state index in [0.717, 1.165) is 50.3 Å². The van der Waals surface area contributed by atoms with Gasteiger partial charge in [-0.1, -0.05) is 160 Å². The summed E-state index contributed by atoms with van der Waals surface area (Å²) in [4.78, 5) is 10.2. The summed E-state index contributed by atoms with van der Waals surface area (Å²) in [7, 11) is -1.84. The molecule has 2 aromatic heterocycles. The van der Waals surface area contributed by atoms with E-state index in [9.17, 15) is 0 Å². The predicted molar refractivity (Wildman–Crippen MR) is 319 cm³/mol. The maximum atomic E-state index is 9.13. The first-order chi connectivity index (χ1) is 36.2. The molecule has 0 amide bonds. The van der Waals surface area contributed by atoms with Crippen molar-refractivity contribution in [3.63, 3.8) is 0 Å². The maximum absolute atomic E-state index is 9.13. The van der Waals surface area contributed by atoms with Gasteiger partial charge in [0.05, 0.1) is 30.6 Å². The number of hydrogen-bond acceptors (Lipinski definition) is 2. The van der Waals surface area contributed by atoms with Crippen LogP contribution in [0.25, 0.3) is 83.5 Å². The molecule has 1 unspecified atom stereocenters. The smallest absolute Gasteiger partial charge is 0 e. The summed E-state index contributed by atoms with van der Waals surface area (Å²) in [6, 6.07) is 67.0. The molecule has 1 radical (unpaired) electrons. The Morgan fingerprint density at radius 2 is 1.27 bits per heavy atom. The minimum atomic E-state index is -2.24. The van der Waals surface area contributed by atoms with Crippen molar-refractivity contribution in [2.45, 2.75) is 97.0 Å². The zero-order valence-electron chi connectivity index (χ0n) is 48.9. The Bertz CT molecular complexity index is 3790. The topological polar surface area (TPSA) is 30.7 Å². The number of benzene rings is 8. The molecule has 1 aliphatic rings. The van der Waals surface area contributed by atoms with Crippen molar-refractivity contribution in [1.29, 1.82) is 0 Å². The van der Waals surface area contributed by atoms with Gasteiger partial charge in [0.25, 0.3) is 0 Å². The van der Waals surface area contributed by atoms with Crippen LogP contribution >= 0.6 is 0 Å². The van der Waals surface area contributed by atoms with E-state index in [1.807, 2.05) is 19.2 Å². The van der Waals surface area contributed by atoms with Crippen molar-refractivity contribution in [2.24, 2.45) is 5.41 Å². The Balaban J connectivity index is 0.000000225. The summed E-state index contributed by atoms with van der Waals surface area (Å²) >= 11 is -2.24. The minimum Gasteiger partial charge on any atom is 0 e. The van der Waals surface area contributed by atoms with Crippen LogP contribution in [-0.2, 0) is 25.5 Å². The number of aromatic nitrogens is 3. The van der Waals surface area contributed by atoms with Crippen molar-refractivity contribution >= 4 is 57.9 Å². The molecule has 0 saturated heterocycles. The van der Waals surface area contributed by atoms with E-state index in [4.69, 9.17) is 10.5 Å². The van der Waals surface area contributed by atoms with Gasteiger partial charge in [-0.25, -0.2) is 0 Å². The second-order valence-corrected chi connectivity index (χ2v) is 38.3. The molecule has 0 fully saturated rings. The van der Waals surface area contributed by atoms with Gasteiger partial charge in [-0.15, -0.1) is 28.9 Å². The molecule has 0 N–H and O–H groups in total. The number of fused-ring (bicyclic) bond motifs is 6. The average Bonchev–Trinajstić information content (AvgIpc) is 4.14. The second kappa shape index (κ2) is 20.3. The maximum Gasteiger partial charge on any atom is 0 e. The fourth-order valence-electron chi connectivity index (χ4n) is 10.5. The predicted octanol–water partition coefficient (Wildman–Crippen LogP) is 16.6. The van der Waals surface area contributed by atoms with Crippen LogP contribution in [-0.4, -0.2) is 35.9 Å². The molecular weight excluding hydrogens is 1150 g/mol. The van der Waals surface area contributed by atoms with Crippen molar-refractivity contribution in [2.75, 3.05) is 0 Å². The zero-order valence-corrected chi connectivity index (χ0v) is 50.4. The summed E-state index contributed by atoms with van der Waals surface area (Å²) in [6.45, 7) is 18.0. The van der Waals surface area contributed by atoms with Gasteiger partial charge in [0.2, 0.25) is 0 Å². The van der Waals surface area contributed by atoms with Crippen molar-refractivity contribution in [3.05, 3.63) is 205 Å². The molecule has 1 atom stereocenters. The van der Waals surface area contributed by atoms with Crippen LogP contribution in [0.1, 0.15) is 76.5 Å². The van der Waals surface area contributed by atoms with Gasteiger partial charge in [0, 0.05) is 36.6 Å². The molecule has 0 spiro atoms. The summed E-state index contributed by atoms with van der Waals surface area (Å²) in [5, 5.41) is 5.28. The molecule has 0 bridgehead atoms. The number of aryl methyl sites for hydroxylation is 1. The van der Waals surface area contributed by atoms with Crippen molar-refractivity contribution in [1.82, 2.24) is 14.5 Å². The van der Waals surface area contributed by atoms with Gasteiger partial charge in [-0.3, -0.25) is 4.98 Å². The van der Waals surface area contributed by atoms with Crippen LogP contribution in [0.4, 0.5) is 0 Å². The molecule has 10 aromatic rings. The van der Waals surface area contributed by atoms with E-state index < -0.39 is 34.1 Å². The Morgan fingerprint density at radius 3 is 1.88 bits per heavy atom. The van der Waals surface area contributed by atoms with Crippen LogP contribution in [0.2, 0.25) is 30.4 Å². The molecule has 8 aromatic carbocycles. The minimum absolute atomic E-state index is 0. The quantitative estimate of drug-likeness (QED) is 0.118. The van der Waals surface area contributed by atoms with E-state index in [1.165, 1.54) is 65.2 Å². The van der Waals surface area contributed by atoms with E-state index in [2.05, 4.69) is 239 Å². The summed E-state index contributed by atoms with van der Waals surface area (Å²) in [5.74, 6) is 7.08. The molecule has 11 rings (SSSR count). The Labute approximate surface area is 463 Å². The van der Waals surface area contributed by atoms with Gasteiger partial charge >= 0.3 is 150 Å². The average molecular weight is 1230 g/mol. The summed E-state index contributed by atoms with van der Waals surface area (Å²) in [6.07, 6.45) is 1.94. The van der Waals surface area contributed by atoms with Crippen LogP contribution in [0.3, 0.4) is 0 Å². The van der Waals surface area contributed by atoms with Crippen LogP contribution in [0, 0.1) is 24.4 Å². The molecule has 0 aliphatic carbocycles. The van der Waals surface area contributed by atoms with E-state index in [0.29, 0.717) is 0 Å². The molecule has 375 valence electrons. The van der Waals surface area contributed by atoms with Gasteiger partial charge in [0.1, 0.15) is 0 Å². The number of rotatable bonds is 7. The van der Waals surface area contributed by atoms with Gasteiger partial charge in [0.15, 0.2) is 0 Å². The van der Waals surface area contributed by atoms with Crippen LogP contribution < -0.4 is 14.8 Å². The zero-order chi connectivity index (χ0) is 55.0. The van der Waals surface area contributed by atoms with E-state index in [-0.39, 0.29) is 36.5 Å². The largest absolute Gasteiger partial charge is 0 e. The molecule has 3 nitrogen and oxygen atoms in total. The van der Waals surface area contributed by atoms with Gasteiger partial charge in [-0.05, 0) is 51.3 Å². The molecule has 1 aliphatic heterocycles. The molecule has 0 saturated carbocycles. The van der Waals surface area contributed by atoms with Crippen molar-refractivity contribution in [3.8, 4) is 61.7 Å². The summed E-state index contributed by atoms with van der Waals surface area (Å²) in [5.41, 5.74) is 15.4. The third-order valence-electron chi connectivity index (χ3n) is 15.0. The number of imidazole rings is 1. The van der Waals surface area contributed by atoms with E-state index >= 15 is 0 Å². The second-order valence-electron chi connectivity index (χ2n) is 23.4. The first-order valence-corrected chi connectivity index (χ1v) is 36.0. The third kappa shape index (κ3) is 10.0. The Hall–Kier alpha value is -5.95. The number of hydrogen-bond donors (Lipinski definition) is 0. The monoisotopic (exact) mass is 1230 g/mol. The molecular formula is C68H69GeIrN3Si-2. The van der Waals surface area contributed by atoms with E-state index in [1.54, 1.807) is 12.1 Å². The fraction of sp³-hybridized carbons (Fsp3) is 0.235. The Kier molecular flexibility index (Phi) is 13.1. The Morgan fingerprint density at radius 1 is 0.649 bits per heavy atom. The number of nitrogens with zero attached hydrogens (tertiary/aromatic N) is 3. The fourth-order valence-corrected chi connectivity index (χ4v) is 16.7. The van der Waals surface area contributed by atoms with Gasteiger partial charge < -0.3 is 4.57 Å². The van der Waals surface area contributed by atoms with Crippen LogP contribution in [0.5, 0.6) is 0 Å². The van der Waals surface area contributed by atoms with Crippen molar-refractivity contribution < 1.29 is 25.6 Å². The third-order valence-corrected chi connectivity index (χ3v) is 22.8. The first-order valence-electron chi connectivity index (χ1n) is 27.7. The normalized spacial score (nSPS) is 14.8. The molecule has 3 heterocycles. The molecule has 6 heteroatoms. The van der Waals surface area contributed by atoms with Crippen LogP contribution in [0.15, 0.2) is 176 Å². The van der Waals surface area contributed by atoms with Gasteiger partial charge in [-0.2, -0.15) is 0 Å². The number of pyridine rings is 1. The molecule has 74 heavy (non-hydrogen) atoms. The standard InChI is InChI=1S/C47H39N2Si.C21H30GeN.Ir/c1-47(2,3)35-29-38(31-16-8-6-9-17-31)45(39(30-35)32-18-10-7-11-19-32)49-41-26-24-33-20-12-13-21-36(33)44(41)48-46(49)34-25-27-43-40(28-34)37-22-14-15-23-42(37)50(43,4)5;1-15-9-11-17(12-10-15)20-13-18(16(2)21(3,4)5)19(14-23-20)22(6,7)8;/h6-24,26-30H,1-5H3;9-11,13-14,16H,1-8H3;/q2*-1;/i;1D3,16D;. The first kappa shape index (κ1) is 47.7.